The predicted octanol–water partition coefficient (Wildman–Crippen LogP) is 1.22. The highest BCUT2D eigenvalue weighted by Gasteiger charge is 2.12. The fourth-order valence-electron chi connectivity index (χ4n) is 1.75. The van der Waals surface area contributed by atoms with Crippen molar-refractivity contribution in [2.24, 2.45) is 5.92 Å². The van der Waals surface area contributed by atoms with Crippen LogP contribution in [0.25, 0.3) is 6.08 Å². The van der Waals surface area contributed by atoms with Gasteiger partial charge in [0.1, 0.15) is 5.15 Å². The SMILES string of the molecule is CC(=O)NNC(=O)COC(=O)/C=C/c1c(C)nn(CC(C)C)c1Cl. The molecule has 0 spiro atoms. The van der Waals surface area contributed by atoms with Crippen LogP contribution in [0, 0.1) is 12.8 Å². The van der Waals surface area contributed by atoms with Gasteiger partial charge in [0.25, 0.3) is 5.91 Å². The molecular formula is C15H21ClN4O4. The molecule has 0 aliphatic heterocycles. The van der Waals surface area contributed by atoms with Crippen molar-refractivity contribution >= 4 is 35.5 Å². The van der Waals surface area contributed by atoms with Crippen LogP contribution in [0.5, 0.6) is 0 Å². The van der Waals surface area contributed by atoms with E-state index in [9.17, 15) is 14.4 Å². The molecule has 0 unspecified atom stereocenters. The first-order valence-corrected chi connectivity index (χ1v) is 7.71. The molecule has 0 fully saturated rings. The van der Waals surface area contributed by atoms with E-state index >= 15 is 0 Å². The summed E-state index contributed by atoms with van der Waals surface area (Å²) in [5.74, 6) is -1.41. The maximum Gasteiger partial charge on any atom is 0.331 e. The number of ether oxygens (including phenoxy) is 1. The Morgan fingerprint density at radius 1 is 1.33 bits per heavy atom. The Kier molecular flexibility index (Phi) is 7.44. The summed E-state index contributed by atoms with van der Waals surface area (Å²) in [6.45, 7) is 7.28. The van der Waals surface area contributed by atoms with Crippen molar-refractivity contribution in [3.8, 4) is 0 Å². The standard InChI is InChI=1S/C15H21ClN4O4/c1-9(2)7-20-15(16)12(10(3)19-20)5-6-14(23)24-8-13(22)18-17-11(4)21/h5-6,9H,7-8H2,1-4H3,(H,17,21)(H,18,22)/b6-5+. The van der Waals surface area contributed by atoms with Crippen molar-refractivity contribution in [2.45, 2.75) is 34.2 Å². The predicted molar refractivity (Wildman–Crippen MR) is 88.8 cm³/mol. The monoisotopic (exact) mass is 356 g/mol. The van der Waals surface area contributed by atoms with Gasteiger partial charge in [0.2, 0.25) is 5.91 Å². The normalized spacial score (nSPS) is 10.9. The minimum absolute atomic E-state index is 0.380. The van der Waals surface area contributed by atoms with E-state index in [4.69, 9.17) is 16.3 Å². The largest absolute Gasteiger partial charge is 0.452 e. The number of carbonyl (C=O) groups excluding carboxylic acids is 3. The molecule has 132 valence electrons. The summed E-state index contributed by atoms with van der Waals surface area (Å²) in [4.78, 5) is 33.5. The van der Waals surface area contributed by atoms with Crippen LogP contribution < -0.4 is 10.9 Å². The Labute approximate surface area is 145 Å². The van der Waals surface area contributed by atoms with Crippen molar-refractivity contribution in [1.82, 2.24) is 20.6 Å². The third-order valence-electron chi connectivity index (χ3n) is 2.76. The summed E-state index contributed by atoms with van der Waals surface area (Å²) in [5.41, 5.74) is 5.47. The van der Waals surface area contributed by atoms with Crippen LogP contribution in [0.4, 0.5) is 0 Å². The number of esters is 1. The average Bonchev–Trinajstić information content (AvgIpc) is 2.74. The van der Waals surface area contributed by atoms with Crippen LogP contribution in [0.3, 0.4) is 0 Å². The number of hydrogen-bond donors (Lipinski definition) is 2. The van der Waals surface area contributed by atoms with Gasteiger partial charge in [-0.25, -0.2) is 4.79 Å². The Hall–Kier alpha value is -2.35. The zero-order valence-electron chi connectivity index (χ0n) is 14.1. The van der Waals surface area contributed by atoms with E-state index in [1.807, 2.05) is 13.8 Å². The summed E-state index contributed by atoms with van der Waals surface area (Å²) >= 11 is 6.25. The summed E-state index contributed by atoms with van der Waals surface area (Å²) in [6.07, 6.45) is 2.66. The van der Waals surface area contributed by atoms with E-state index in [-0.39, 0.29) is 0 Å². The lowest BCUT2D eigenvalue weighted by molar-refractivity contribution is -0.144. The highest BCUT2D eigenvalue weighted by Crippen LogP contribution is 2.22. The third kappa shape index (κ3) is 6.41. The van der Waals surface area contributed by atoms with Crippen molar-refractivity contribution in [3.05, 3.63) is 22.5 Å². The second kappa shape index (κ2) is 9.07. The third-order valence-corrected chi connectivity index (χ3v) is 3.16. The van der Waals surface area contributed by atoms with E-state index in [2.05, 4.69) is 16.0 Å². The lowest BCUT2D eigenvalue weighted by atomic mass is 10.2. The van der Waals surface area contributed by atoms with Gasteiger partial charge < -0.3 is 4.74 Å². The van der Waals surface area contributed by atoms with Gasteiger partial charge >= 0.3 is 5.97 Å². The van der Waals surface area contributed by atoms with E-state index in [0.717, 1.165) is 0 Å². The molecule has 0 saturated carbocycles. The van der Waals surface area contributed by atoms with Crippen LogP contribution in [-0.4, -0.2) is 34.2 Å². The van der Waals surface area contributed by atoms with E-state index in [1.54, 1.807) is 11.6 Å². The number of aryl methyl sites for hydroxylation is 1. The minimum Gasteiger partial charge on any atom is -0.452 e. The molecular weight excluding hydrogens is 336 g/mol. The zero-order chi connectivity index (χ0) is 18.3. The second-order valence-corrected chi connectivity index (χ2v) is 5.89. The first-order valence-electron chi connectivity index (χ1n) is 7.33. The van der Waals surface area contributed by atoms with Gasteiger partial charge in [-0.1, -0.05) is 25.4 Å². The van der Waals surface area contributed by atoms with Gasteiger partial charge in [0.15, 0.2) is 6.61 Å². The molecule has 2 amide bonds. The molecule has 8 nitrogen and oxygen atoms in total. The zero-order valence-corrected chi connectivity index (χ0v) is 14.8. The fraction of sp³-hybridized carbons (Fsp3) is 0.467. The molecule has 1 heterocycles. The smallest absolute Gasteiger partial charge is 0.331 e. The van der Waals surface area contributed by atoms with Gasteiger partial charge in [-0.15, -0.1) is 0 Å². The molecule has 0 atom stereocenters. The Morgan fingerprint density at radius 2 is 2.00 bits per heavy atom. The van der Waals surface area contributed by atoms with E-state index in [1.165, 1.54) is 19.1 Å². The molecule has 1 aromatic rings. The van der Waals surface area contributed by atoms with Crippen LogP contribution in [-0.2, 0) is 25.7 Å². The molecule has 0 saturated heterocycles. The van der Waals surface area contributed by atoms with Gasteiger partial charge in [-0.2, -0.15) is 5.10 Å². The first-order chi connectivity index (χ1) is 11.2. The van der Waals surface area contributed by atoms with E-state index in [0.29, 0.717) is 28.9 Å². The summed E-state index contributed by atoms with van der Waals surface area (Å²) < 4.78 is 6.42. The average molecular weight is 357 g/mol. The summed E-state index contributed by atoms with van der Waals surface area (Å²) in [5, 5.41) is 4.76. The number of aromatic nitrogens is 2. The van der Waals surface area contributed by atoms with Crippen molar-refractivity contribution in [1.29, 1.82) is 0 Å². The minimum atomic E-state index is -0.708. The molecule has 9 heteroatoms. The molecule has 0 radical (unpaired) electrons. The number of nitrogens with zero attached hydrogens (tertiary/aromatic N) is 2. The maximum atomic E-state index is 11.6. The number of halogens is 1. The molecule has 0 aliphatic rings. The number of hydrogen-bond acceptors (Lipinski definition) is 5. The van der Waals surface area contributed by atoms with Crippen LogP contribution in [0.1, 0.15) is 32.0 Å². The lowest BCUT2D eigenvalue weighted by Gasteiger charge is -2.05. The molecule has 0 aliphatic carbocycles. The number of nitrogens with one attached hydrogen (secondary N) is 2. The van der Waals surface area contributed by atoms with Gasteiger partial charge in [-0.3, -0.25) is 25.1 Å². The topological polar surface area (TPSA) is 102 Å². The Morgan fingerprint density at radius 3 is 2.58 bits per heavy atom. The van der Waals surface area contributed by atoms with E-state index < -0.39 is 24.4 Å². The molecule has 1 aromatic heterocycles. The van der Waals surface area contributed by atoms with Crippen LogP contribution >= 0.6 is 11.6 Å². The number of amides is 2. The molecule has 0 aromatic carbocycles. The first kappa shape index (κ1) is 19.7. The molecule has 24 heavy (non-hydrogen) atoms. The van der Waals surface area contributed by atoms with Gasteiger partial charge in [0.05, 0.1) is 5.69 Å². The Balaban J connectivity index is 2.59. The van der Waals surface area contributed by atoms with Crippen molar-refractivity contribution < 1.29 is 19.1 Å². The fourth-order valence-corrected chi connectivity index (χ4v) is 2.06. The highest BCUT2D eigenvalue weighted by atomic mass is 35.5. The number of hydrazine groups is 1. The van der Waals surface area contributed by atoms with Crippen molar-refractivity contribution in [3.63, 3.8) is 0 Å². The molecule has 2 N–H and O–H groups in total. The summed E-state index contributed by atoms with van der Waals surface area (Å²) in [7, 11) is 0. The lowest BCUT2D eigenvalue weighted by Crippen LogP contribution is -2.42. The molecule has 1 rings (SSSR count). The molecule has 0 bridgehead atoms. The van der Waals surface area contributed by atoms with Crippen molar-refractivity contribution in [2.75, 3.05) is 6.61 Å². The summed E-state index contributed by atoms with van der Waals surface area (Å²) in [6, 6.07) is 0. The maximum absolute atomic E-state index is 11.6. The van der Waals surface area contributed by atoms with Gasteiger partial charge in [0, 0.05) is 25.1 Å². The van der Waals surface area contributed by atoms with Crippen LogP contribution in [0.15, 0.2) is 6.08 Å². The second-order valence-electron chi connectivity index (χ2n) is 5.54. The highest BCUT2D eigenvalue weighted by molar-refractivity contribution is 6.31. The quantitative estimate of drug-likeness (QED) is 0.453. The Bertz CT molecular complexity index is 652. The van der Waals surface area contributed by atoms with Gasteiger partial charge in [-0.05, 0) is 18.9 Å². The number of rotatable bonds is 6. The number of carbonyl (C=O) groups is 3. The van der Waals surface area contributed by atoms with Crippen LogP contribution in [0.2, 0.25) is 5.15 Å².